The molecule has 1 aromatic heterocycles. The zero-order chi connectivity index (χ0) is 13.0. The predicted octanol–water partition coefficient (Wildman–Crippen LogP) is 4.04. The van der Waals surface area contributed by atoms with Crippen LogP contribution in [-0.2, 0) is 11.3 Å². The van der Waals surface area contributed by atoms with E-state index in [1.54, 1.807) is 7.11 Å². The fraction of sp³-hybridized carbons (Fsp3) is 0.214. The van der Waals surface area contributed by atoms with E-state index in [0.29, 0.717) is 6.61 Å². The van der Waals surface area contributed by atoms with Crippen molar-refractivity contribution in [1.82, 2.24) is 4.98 Å². The first kappa shape index (κ1) is 13.1. The Morgan fingerprint density at radius 2 is 2.11 bits per heavy atom. The highest BCUT2D eigenvalue weighted by Crippen LogP contribution is 2.20. The predicted molar refractivity (Wildman–Crippen MR) is 77.1 cm³/mol. The van der Waals surface area contributed by atoms with Crippen LogP contribution in [0.3, 0.4) is 0 Å². The lowest BCUT2D eigenvalue weighted by molar-refractivity contribution is 0.185. The maximum Gasteiger partial charge on any atom is 0.130 e. The Balaban J connectivity index is 2.17. The minimum absolute atomic E-state index is 0.613. The van der Waals surface area contributed by atoms with Crippen molar-refractivity contribution in [1.29, 1.82) is 0 Å². The fourth-order valence-corrected chi connectivity index (χ4v) is 1.89. The third kappa shape index (κ3) is 3.31. The number of benzene rings is 1. The highest BCUT2D eigenvalue weighted by atomic mass is 79.9. The van der Waals surface area contributed by atoms with Crippen molar-refractivity contribution in [3.8, 4) is 0 Å². The standard InChI is InChI=1S/C14H15BrN2O/c1-10-13(15)6-7-14(16-10)17-12-5-3-4-11(8-12)9-18-2/h3-8H,9H2,1-2H3,(H,16,17). The molecular formula is C14H15BrN2O. The summed E-state index contributed by atoms with van der Waals surface area (Å²) in [5, 5.41) is 3.28. The zero-order valence-electron chi connectivity index (χ0n) is 10.4. The maximum atomic E-state index is 5.12. The zero-order valence-corrected chi connectivity index (χ0v) is 12.0. The van der Waals surface area contributed by atoms with Gasteiger partial charge in [-0.1, -0.05) is 12.1 Å². The Bertz CT molecular complexity index is 543. The van der Waals surface area contributed by atoms with Crippen molar-refractivity contribution in [2.45, 2.75) is 13.5 Å². The number of pyridine rings is 1. The van der Waals surface area contributed by atoms with Gasteiger partial charge >= 0.3 is 0 Å². The van der Waals surface area contributed by atoms with Crippen molar-refractivity contribution in [3.05, 3.63) is 52.1 Å². The van der Waals surface area contributed by atoms with Crippen LogP contribution in [0.1, 0.15) is 11.3 Å². The number of nitrogens with one attached hydrogen (secondary N) is 1. The lowest BCUT2D eigenvalue weighted by Crippen LogP contribution is -1.96. The molecule has 2 aromatic rings. The van der Waals surface area contributed by atoms with E-state index in [9.17, 15) is 0 Å². The van der Waals surface area contributed by atoms with Crippen LogP contribution in [-0.4, -0.2) is 12.1 Å². The number of halogens is 1. The molecular weight excluding hydrogens is 292 g/mol. The van der Waals surface area contributed by atoms with Gasteiger partial charge in [-0.3, -0.25) is 0 Å². The third-order valence-electron chi connectivity index (χ3n) is 2.53. The summed E-state index contributed by atoms with van der Waals surface area (Å²) in [7, 11) is 1.69. The van der Waals surface area contributed by atoms with Gasteiger partial charge in [0.15, 0.2) is 0 Å². The highest BCUT2D eigenvalue weighted by molar-refractivity contribution is 9.10. The first-order valence-corrected chi connectivity index (χ1v) is 6.46. The number of hydrogen-bond donors (Lipinski definition) is 1. The van der Waals surface area contributed by atoms with Crippen molar-refractivity contribution < 1.29 is 4.74 Å². The largest absolute Gasteiger partial charge is 0.380 e. The first-order chi connectivity index (χ1) is 8.69. The number of aryl methyl sites for hydroxylation is 1. The van der Waals surface area contributed by atoms with Gasteiger partial charge < -0.3 is 10.1 Å². The number of methoxy groups -OCH3 is 1. The summed E-state index contributed by atoms with van der Waals surface area (Å²) in [6.07, 6.45) is 0. The molecule has 0 radical (unpaired) electrons. The molecule has 0 saturated carbocycles. The molecule has 94 valence electrons. The van der Waals surface area contributed by atoms with Crippen LogP contribution in [0.2, 0.25) is 0 Å². The van der Waals surface area contributed by atoms with Gasteiger partial charge in [0.05, 0.1) is 12.3 Å². The van der Waals surface area contributed by atoms with Crippen molar-refractivity contribution in [2.75, 3.05) is 12.4 Å². The van der Waals surface area contributed by atoms with Gasteiger partial charge in [0.25, 0.3) is 0 Å². The topological polar surface area (TPSA) is 34.1 Å². The fourth-order valence-electron chi connectivity index (χ4n) is 1.67. The number of anilines is 2. The monoisotopic (exact) mass is 306 g/mol. The molecule has 0 spiro atoms. The van der Waals surface area contributed by atoms with Crippen LogP contribution >= 0.6 is 15.9 Å². The number of aromatic nitrogens is 1. The van der Waals surface area contributed by atoms with E-state index in [4.69, 9.17) is 4.74 Å². The SMILES string of the molecule is COCc1cccc(Nc2ccc(Br)c(C)n2)c1. The second kappa shape index (κ2) is 5.98. The smallest absolute Gasteiger partial charge is 0.130 e. The Kier molecular flexibility index (Phi) is 4.33. The lowest BCUT2D eigenvalue weighted by Gasteiger charge is -2.08. The average Bonchev–Trinajstić information content (AvgIpc) is 2.35. The van der Waals surface area contributed by atoms with Crippen LogP contribution in [0.4, 0.5) is 11.5 Å². The Labute approximate surface area is 115 Å². The molecule has 18 heavy (non-hydrogen) atoms. The second-order valence-electron chi connectivity index (χ2n) is 4.02. The summed E-state index contributed by atoms with van der Waals surface area (Å²) in [5.41, 5.74) is 3.11. The van der Waals surface area contributed by atoms with Gasteiger partial charge in [-0.05, 0) is 52.7 Å². The van der Waals surface area contributed by atoms with Crippen LogP contribution < -0.4 is 5.32 Å². The molecule has 1 heterocycles. The minimum atomic E-state index is 0.613. The van der Waals surface area contributed by atoms with Crippen LogP contribution in [0.25, 0.3) is 0 Å². The van der Waals surface area contributed by atoms with Gasteiger partial charge in [-0.2, -0.15) is 0 Å². The van der Waals surface area contributed by atoms with Crippen molar-refractivity contribution >= 4 is 27.4 Å². The lowest BCUT2D eigenvalue weighted by atomic mass is 10.2. The summed E-state index contributed by atoms with van der Waals surface area (Å²) in [6, 6.07) is 12.0. The molecule has 0 amide bonds. The van der Waals surface area contributed by atoms with E-state index in [1.807, 2.05) is 37.3 Å². The van der Waals surface area contributed by atoms with E-state index in [1.165, 1.54) is 0 Å². The van der Waals surface area contributed by atoms with Gasteiger partial charge in [0, 0.05) is 17.3 Å². The van der Waals surface area contributed by atoms with Crippen LogP contribution in [0.15, 0.2) is 40.9 Å². The highest BCUT2D eigenvalue weighted by Gasteiger charge is 2.00. The Hall–Kier alpha value is -1.39. The summed E-state index contributed by atoms with van der Waals surface area (Å²) in [6.45, 7) is 2.58. The molecule has 0 aliphatic rings. The van der Waals surface area contributed by atoms with Gasteiger partial charge in [0.1, 0.15) is 5.82 Å². The van der Waals surface area contributed by atoms with Crippen molar-refractivity contribution in [3.63, 3.8) is 0 Å². The molecule has 0 atom stereocenters. The summed E-state index contributed by atoms with van der Waals surface area (Å²) >= 11 is 3.44. The summed E-state index contributed by atoms with van der Waals surface area (Å²) in [5.74, 6) is 0.838. The molecule has 1 N–H and O–H groups in total. The van der Waals surface area contributed by atoms with Gasteiger partial charge in [-0.25, -0.2) is 4.98 Å². The van der Waals surface area contributed by atoms with Crippen molar-refractivity contribution in [2.24, 2.45) is 0 Å². The number of ether oxygens (including phenoxy) is 1. The minimum Gasteiger partial charge on any atom is -0.380 e. The average molecular weight is 307 g/mol. The number of hydrogen-bond acceptors (Lipinski definition) is 3. The second-order valence-corrected chi connectivity index (χ2v) is 4.88. The summed E-state index contributed by atoms with van der Waals surface area (Å²) in [4.78, 5) is 4.45. The van der Waals surface area contributed by atoms with E-state index in [2.05, 4.69) is 32.3 Å². The normalized spacial score (nSPS) is 10.4. The quantitative estimate of drug-likeness (QED) is 0.925. The molecule has 0 aliphatic carbocycles. The molecule has 1 aromatic carbocycles. The summed E-state index contributed by atoms with van der Waals surface area (Å²) < 4.78 is 6.13. The molecule has 0 saturated heterocycles. The number of nitrogens with zero attached hydrogens (tertiary/aromatic N) is 1. The van der Waals surface area contributed by atoms with E-state index in [0.717, 1.165) is 27.2 Å². The molecule has 3 nitrogen and oxygen atoms in total. The maximum absolute atomic E-state index is 5.12. The van der Waals surface area contributed by atoms with Gasteiger partial charge in [-0.15, -0.1) is 0 Å². The van der Waals surface area contributed by atoms with E-state index >= 15 is 0 Å². The molecule has 0 unspecified atom stereocenters. The van der Waals surface area contributed by atoms with Crippen LogP contribution in [0, 0.1) is 6.92 Å². The Morgan fingerprint density at radius 1 is 1.28 bits per heavy atom. The van der Waals surface area contributed by atoms with E-state index < -0.39 is 0 Å². The Morgan fingerprint density at radius 3 is 2.83 bits per heavy atom. The first-order valence-electron chi connectivity index (χ1n) is 5.67. The molecule has 0 bridgehead atoms. The van der Waals surface area contributed by atoms with Gasteiger partial charge in [0.2, 0.25) is 0 Å². The van der Waals surface area contributed by atoms with Crippen LogP contribution in [0.5, 0.6) is 0 Å². The third-order valence-corrected chi connectivity index (χ3v) is 3.37. The number of rotatable bonds is 4. The molecule has 4 heteroatoms. The van der Waals surface area contributed by atoms with E-state index in [-0.39, 0.29) is 0 Å². The molecule has 0 fully saturated rings. The molecule has 2 rings (SSSR count). The molecule has 0 aliphatic heterocycles.